The third kappa shape index (κ3) is 2.77. The predicted molar refractivity (Wildman–Crippen MR) is 76.1 cm³/mol. The number of carbonyl (C=O) groups is 2. The zero-order valence-electron chi connectivity index (χ0n) is 12.2. The summed E-state index contributed by atoms with van der Waals surface area (Å²) in [6.07, 6.45) is 4.73. The van der Waals surface area contributed by atoms with E-state index in [1.807, 2.05) is 0 Å². The number of hydrogen-bond donors (Lipinski definition) is 0. The summed E-state index contributed by atoms with van der Waals surface area (Å²) >= 11 is 0. The Morgan fingerprint density at radius 1 is 1.29 bits per heavy atom. The minimum Gasteiger partial charge on any atom is -0.426 e. The lowest BCUT2D eigenvalue weighted by molar-refractivity contribution is -0.129. The van der Waals surface area contributed by atoms with Gasteiger partial charge in [-0.1, -0.05) is 13.3 Å². The molecular weight excluding hydrogens is 270 g/mol. The molecule has 0 bridgehead atoms. The molecule has 0 atom stereocenters. The van der Waals surface area contributed by atoms with Crippen LogP contribution in [0, 0.1) is 5.92 Å². The van der Waals surface area contributed by atoms with Crippen LogP contribution in [0.15, 0.2) is 15.3 Å². The fraction of sp³-hybridized carbons (Fsp3) is 0.562. The van der Waals surface area contributed by atoms with E-state index in [4.69, 9.17) is 4.42 Å². The van der Waals surface area contributed by atoms with E-state index < -0.39 is 5.63 Å². The fourth-order valence-corrected chi connectivity index (χ4v) is 2.77. The summed E-state index contributed by atoms with van der Waals surface area (Å²) in [5.74, 6) is 0.156. The van der Waals surface area contributed by atoms with Crippen molar-refractivity contribution >= 4 is 11.8 Å². The molecule has 21 heavy (non-hydrogen) atoms. The number of amides is 2. The van der Waals surface area contributed by atoms with E-state index in [9.17, 15) is 14.4 Å². The van der Waals surface area contributed by atoms with Crippen molar-refractivity contribution in [1.29, 1.82) is 0 Å². The van der Waals surface area contributed by atoms with Gasteiger partial charge in [0.05, 0.1) is 12.0 Å². The van der Waals surface area contributed by atoms with Crippen LogP contribution in [0.2, 0.25) is 0 Å². The number of carbonyl (C=O) groups excluding carboxylic acids is 2. The number of unbranched alkanes of at least 4 members (excludes halogenated alkanes) is 1. The third-order valence-corrected chi connectivity index (χ3v) is 4.13. The molecule has 0 radical (unpaired) electrons. The van der Waals surface area contributed by atoms with Crippen molar-refractivity contribution in [3.8, 4) is 0 Å². The number of imide groups is 1. The number of nitrogens with zero attached hydrogens (tertiary/aromatic N) is 1. The highest BCUT2D eigenvalue weighted by molar-refractivity contribution is 6.09. The second-order valence-electron chi connectivity index (χ2n) is 5.92. The maximum atomic E-state index is 12.6. The second kappa shape index (κ2) is 5.47. The van der Waals surface area contributed by atoms with Gasteiger partial charge in [0.25, 0.3) is 5.91 Å². The Balaban J connectivity index is 1.98. The van der Waals surface area contributed by atoms with Gasteiger partial charge in [-0.05, 0) is 37.2 Å². The van der Waals surface area contributed by atoms with Crippen LogP contribution in [-0.2, 0) is 17.6 Å². The van der Waals surface area contributed by atoms with Crippen LogP contribution in [0.25, 0.3) is 0 Å². The lowest BCUT2D eigenvalue weighted by atomic mass is 9.96. The monoisotopic (exact) mass is 289 g/mol. The van der Waals surface area contributed by atoms with Crippen molar-refractivity contribution in [2.24, 2.45) is 5.92 Å². The first-order chi connectivity index (χ1) is 10.1. The molecule has 0 aromatic carbocycles. The summed E-state index contributed by atoms with van der Waals surface area (Å²) in [6, 6.07) is 1.40. The SMILES string of the molecule is CCCCc1cc(=O)oc2c1C(=O)N(CC1CC1)C(=O)C2. The van der Waals surface area contributed by atoms with Gasteiger partial charge in [-0.25, -0.2) is 4.79 Å². The molecule has 1 fully saturated rings. The van der Waals surface area contributed by atoms with Gasteiger partial charge < -0.3 is 4.42 Å². The van der Waals surface area contributed by atoms with Crippen LogP contribution < -0.4 is 5.63 Å². The van der Waals surface area contributed by atoms with E-state index >= 15 is 0 Å². The Morgan fingerprint density at radius 3 is 2.71 bits per heavy atom. The van der Waals surface area contributed by atoms with Gasteiger partial charge in [0.1, 0.15) is 5.76 Å². The van der Waals surface area contributed by atoms with Crippen molar-refractivity contribution in [3.63, 3.8) is 0 Å². The van der Waals surface area contributed by atoms with Gasteiger partial charge in [-0.2, -0.15) is 0 Å². The Labute approximate surface area is 122 Å². The van der Waals surface area contributed by atoms with Crippen LogP contribution in [0.3, 0.4) is 0 Å². The maximum absolute atomic E-state index is 12.6. The lowest BCUT2D eigenvalue weighted by Crippen LogP contribution is -2.44. The van der Waals surface area contributed by atoms with Crippen molar-refractivity contribution in [1.82, 2.24) is 4.90 Å². The molecule has 5 nitrogen and oxygen atoms in total. The van der Waals surface area contributed by atoms with E-state index in [0.29, 0.717) is 24.4 Å². The molecule has 0 saturated heterocycles. The van der Waals surface area contributed by atoms with Crippen molar-refractivity contribution < 1.29 is 14.0 Å². The number of aryl methyl sites for hydroxylation is 1. The van der Waals surface area contributed by atoms with Gasteiger partial charge >= 0.3 is 5.63 Å². The van der Waals surface area contributed by atoms with E-state index in [1.165, 1.54) is 11.0 Å². The Bertz CT molecular complexity index is 642. The summed E-state index contributed by atoms with van der Waals surface area (Å²) < 4.78 is 5.11. The van der Waals surface area contributed by atoms with Gasteiger partial charge in [-0.15, -0.1) is 0 Å². The minimum atomic E-state index is -0.476. The van der Waals surface area contributed by atoms with Crippen LogP contribution in [0.5, 0.6) is 0 Å². The summed E-state index contributed by atoms with van der Waals surface area (Å²) in [4.78, 5) is 37.7. The van der Waals surface area contributed by atoms with Gasteiger partial charge in [0.15, 0.2) is 0 Å². The molecular formula is C16H19NO4. The first kappa shape index (κ1) is 14.0. The smallest absolute Gasteiger partial charge is 0.336 e. The molecule has 1 saturated carbocycles. The Kier molecular flexibility index (Phi) is 3.66. The first-order valence-electron chi connectivity index (χ1n) is 7.60. The molecule has 112 valence electrons. The van der Waals surface area contributed by atoms with E-state index in [2.05, 4.69) is 6.92 Å². The highest BCUT2D eigenvalue weighted by Gasteiger charge is 2.37. The van der Waals surface area contributed by atoms with Gasteiger partial charge in [0.2, 0.25) is 5.91 Å². The zero-order chi connectivity index (χ0) is 15.0. The van der Waals surface area contributed by atoms with Gasteiger partial charge in [0, 0.05) is 12.6 Å². The Morgan fingerprint density at radius 2 is 2.05 bits per heavy atom. The molecule has 5 heteroatoms. The maximum Gasteiger partial charge on any atom is 0.336 e. The molecule has 0 unspecified atom stereocenters. The van der Waals surface area contributed by atoms with E-state index in [1.54, 1.807) is 0 Å². The van der Waals surface area contributed by atoms with Crippen molar-refractivity contribution in [2.75, 3.05) is 6.54 Å². The quantitative estimate of drug-likeness (QED) is 0.777. The standard InChI is InChI=1S/C16H19NO4/c1-2-3-4-11-7-14(19)21-12-8-13(18)17(9-10-5-6-10)16(20)15(11)12/h7,10H,2-6,8-9H2,1H3. The topological polar surface area (TPSA) is 67.6 Å². The molecule has 0 spiro atoms. The van der Waals surface area contributed by atoms with E-state index in [-0.39, 0.29) is 24.0 Å². The summed E-state index contributed by atoms with van der Waals surface area (Å²) in [7, 11) is 0. The fourth-order valence-electron chi connectivity index (χ4n) is 2.77. The van der Waals surface area contributed by atoms with Crippen LogP contribution >= 0.6 is 0 Å². The molecule has 3 rings (SSSR count). The summed E-state index contributed by atoms with van der Waals surface area (Å²) in [5.41, 5.74) is 0.695. The summed E-state index contributed by atoms with van der Waals surface area (Å²) in [5, 5.41) is 0. The third-order valence-electron chi connectivity index (χ3n) is 4.13. The normalized spacial score (nSPS) is 18.0. The molecule has 0 N–H and O–H groups in total. The van der Waals surface area contributed by atoms with Crippen LogP contribution in [-0.4, -0.2) is 23.3 Å². The molecule has 1 aliphatic carbocycles. The zero-order valence-corrected chi connectivity index (χ0v) is 12.2. The lowest BCUT2D eigenvalue weighted by Gasteiger charge is -2.27. The highest BCUT2D eigenvalue weighted by Crippen LogP contribution is 2.32. The molecule has 1 aliphatic heterocycles. The average molecular weight is 289 g/mol. The van der Waals surface area contributed by atoms with Crippen molar-refractivity contribution in [2.45, 2.75) is 45.4 Å². The largest absolute Gasteiger partial charge is 0.426 e. The van der Waals surface area contributed by atoms with Gasteiger partial charge in [-0.3, -0.25) is 14.5 Å². The number of hydrogen-bond acceptors (Lipinski definition) is 4. The highest BCUT2D eigenvalue weighted by atomic mass is 16.4. The molecule has 1 aromatic heterocycles. The Hall–Kier alpha value is -1.91. The number of fused-ring (bicyclic) bond motifs is 1. The second-order valence-corrected chi connectivity index (χ2v) is 5.92. The summed E-state index contributed by atoms with van der Waals surface area (Å²) in [6.45, 7) is 2.56. The van der Waals surface area contributed by atoms with Crippen LogP contribution in [0.1, 0.15) is 54.3 Å². The molecule has 2 aliphatic rings. The van der Waals surface area contributed by atoms with Crippen LogP contribution in [0.4, 0.5) is 0 Å². The number of rotatable bonds is 5. The molecule has 2 heterocycles. The molecule has 2 amide bonds. The van der Waals surface area contributed by atoms with Crippen molar-refractivity contribution in [3.05, 3.63) is 33.4 Å². The minimum absolute atomic E-state index is 0.0169. The van der Waals surface area contributed by atoms with E-state index in [0.717, 1.165) is 31.2 Å². The first-order valence-corrected chi connectivity index (χ1v) is 7.60. The predicted octanol–water partition coefficient (Wildman–Crippen LogP) is 1.92. The molecule has 1 aromatic rings. The average Bonchev–Trinajstić information content (AvgIpc) is 3.24.